The number of carbonyl (C=O) groups excluding carboxylic acids is 1. The number of aromatic hydroxyl groups is 3. The van der Waals surface area contributed by atoms with Crippen LogP contribution in [0.1, 0.15) is 37.3 Å². The van der Waals surface area contributed by atoms with Gasteiger partial charge >= 0.3 is 5.97 Å². The fourth-order valence-electron chi connectivity index (χ4n) is 5.56. The number of methoxy groups -OCH3 is 1. The second-order valence-electron chi connectivity index (χ2n) is 10.8. The molecule has 3 aromatic carbocycles. The Labute approximate surface area is 238 Å². The van der Waals surface area contributed by atoms with Crippen LogP contribution in [0, 0.1) is 5.92 Å². The molecule has 0 saturated heterocycles. The molecule has 0 spiro atoms. The fourth-order valence-corrected chi connectivity index (χ4v) is 5.56. The van der Waals surface area contributed by atoms with Crippen molar-refractivity contribution in [1.82, 2.24) is 4.57 Å². The van der Waals surface area contributed by atoms with E-state index < -0.39 is 28.8 Å². The second-order valence-corrected chi connectivity index (χ2v) is 10.8. The van der Waals surface area contributed by atoms with Gasteiger partial charge in [-0.15, -0.1) is 0 Å². The minimum Gasteiger partial charge on any atom is -0.507 e. The van der Waals surface area contributed by atoms with Crippen LogP contribution in [0.25, 0.3) is 33.2 Å². The predicted octanol–water partition coefficient (Wildman–Crippen LogP) is 5.00. The van der Waals surface area contributed by atoms with Crippen molar-refractivity contribution in [3.63, 3.8) is 0 Å². The Morgan fingerprint density at radius 3 is 2.45 bits per heavy atom. The number of pyridine rings is 1. The molecule has 0 saturated carbocycles. The van der Waals surface area contributed by atoms with Gasteiger partial charge in [0.05, 0.1) is 19.0 Å². The fraction of sp³-hybridized carbons (Fsp3) is 0.219. The number of ether oxygens (including phenoxy) is 2. The van der Waals surface area contributed by atoms with Gasteiger partial charge in [0.1, 0.15) is 34.0 Å². The summed E-state index contributed by atoms with van der Waals surface area (Å²) in [5.74, 6) is -1.99. The molecular formula is C32H27NO9. The van der Waals surface area contributed by atoms with Gasteiger partial charge in [0.25, 0.3) is 5.56 Å². The van der Waals surface area contributed by atoms with Crippen LogP contribution >= 0.6 is 0 Å². The van der Waals surface area contributed by atoms with Gasteiger partial charge in [0.2, 0.25) is 0 Å². The topological polar surface area (TPSA) is 148 Å². The first-order valence-corrected chi connectivity index (χ1v) is 13.3. The maximum atomic E-state index is 14.1. The number of nitrogens with zero attached hydrogens (tertiary/aromatic N) is 1. The molecule has 1 aliphatic rings. The zero-order valence-electron chi connectivity index (χ0n) is 23.0. The van der Waals surface area contributed by atoms with Crippen molar-refractivity contribution >= 4 is 27.8 Å². The molecule has 0 bridgehead atoms. The summed E-state index contributed by atoms with van der Waals surface area (Å²) in [5, 5.41) is 31.1. The average Bonchev–Trinajstić information content (AvgIpc) is 2.94. The average molecular weight is 570 g/mol. The summed E-state index contributed by atoms with van der Waals surface area (Å²) in [7, 11) is 1.55. The van der Waals surface area contributed by atoms with E-state index in [9.17, 15) is 29.7 Å². The lowest BCUT2D eigenvalue weighted by molar-refractivity contribution is -0.135. The van der Waals surface area contributed by atoms with Crippen LogP contribution < -0.4 is 20.5 Å². The van der Waals surface area contributed by atoms with Crippen molar-refractivity contribution in [2.75, 3.05) is 7.11 Å². The summed E-state index contributed by atoms with van der Waals surface area (Å²) in [6.45, 7) is 4.41. The van der Waals surface area contributed by atoms with Crippen molar-refractivity contribution in [1.29, 1.82) is 0 Å². The summed E-state index contributed by atoms with van der Waals surface area (Å²) >= 11 is 0. The number of carbonyl (C=O) groups is 1. The Hall–Kier alpha value is -5.25. The highest BCUT2D eigenvalue weighted by Gasteiger charge is 2.35. The Bertz CT molecular complexity index is 2040. The Kier molecular flexibility index (Phi) is 6.41. The van der Waals surface area contributed by atoms with Crippen molar-refractivity contribution < 1.29 is 34.0 Å². The minimum atomic E-state index is -0.877. The minimum absolute atomic E-state index is 0.0318. The number of esters is 1. The largest absolute Gasteiger partial charge is 0.507 e. The van der Waals surface area contributed by atoms with Gasteiger partial charge in [-0.05, 0) is 48.4 Å². The first-order chi connectivity index (χ1) is 20.0. The molecule has 3 N–H and O–H groups in total. The molecule has 10 nitrogen and oxygen atoms in total. The van der Waals surface area contributed by atoms with E-state index in [1.165, 1.54) is 24.3 Å². The van der Waals surface area contributed by atoms with Gasteiger partial charge in [-0.2, -0.15) is 0 Å². The van der Waals surface area contributed by atoms with Gasteiger partial charge in [0.15, 0.2) is 16.9 Å². The predicted molar refractivity (Wildman–Crippen MR) is 155 cm³/mol. The molecule has 1 atom stereocenters. The van der Waals surface area contributed by atoms with E-state index in [4.69, 9.17) is 13.9 Å². The number of fused-ring (bicyclic) bond motifs is 4. The molecular weight excluding hydrogens is 542 g/mol. The summed E-state index contributed by atoms with van der Waals surface area (Å²) in [5.41, 5.74) is 0.580. The second kappa shape index (κ2) is 9.99. The van der Waals surface area contributed by atoms with Crippen LogP contribution in [0.5, 0.6) is 28.7 Å². The first-order valence-electron chi connectivity index (χ1n) is 13.3. The third-order valence-electron chi connectivity index (χ3n) is 7.44. The van der Waals surface area contributed by atoms with Gasteiger partial charge in [0, 0.05) is 46.7 Å². The molecule has 42 heavy (non-hydrogen) atoms. The normalized spacial score (nSPS) is 14.8. The number of phenols is 3. The van der Waals surface area contributed by atoms with Crippen LogP contribution in [0.4, 0.5) is 0 Å². The van der Waals surface area contributed by atoms with Crippen molar-refractivity contribution in [2.45, 2.75) is 32.7 Å². The van der Waals surface area contributed by atoms with E-state index in [0.29, 0.717) is 17.8 Å². The number of phenolic OH excluding ortho intramolecular Hbond substituents is 3. The van der Waals surface area contributed by atoms with Crippen LogP contribution in [-0.4, -0.2) is 33.0 Å². The quantitative estimate of drug-likeness (QED) is 0.151. The lowest BCUT2D eigenvalue weighted by Crippen LogP contribution is -2.31. The Morgan fingerprint density at radius 2 is 1.74 bits per heavy atom. The summed E-state index contributed by atoms with van der Waals surface area (Å²) < 4.78 is 18.7. The van der Waals surface area contributed by atoms with Crippen molar-refractivity contribution in [3.05, 3.63) is 86.3 Å². The van der Waals surface area contributed by atoms with Crippen LogP contribution in [-0.2, 0) is 11.3 Å². The monoisotopic (exact) mass is 569 g/mol. The van der Waals surface area contributed by atoms with E-state index in [1.54, 1.807) is 23.8 Å². The van der Waals surface area contributed by atoms with Crippen LogP contribution in [0.2, 0.25) is 0 Å². The van der Waals surface area contributed by atoms with Crippen LogP contribution in [0.3, 0.4) is 0 Å². The lowest BCUT2D eigenvalue weighted by atomic mass is 9.85. The molecule has 0 fully saturated rings. The molecule has 3 heterocycles. The van der Waals surface area contributed by atoms with E-state index in [2.05, 4.69) is 0 Å². The molecule has 6 rings (SSSR count). The number of rotatable bonds is 5. The number of aromatic nitrogens is 1. The van der Waals surface area contributed by atoms with Gasteiger partial charge < -0.3 is 33.8 Å². The summed E-state index contributed by atoms with van der Waals surface area (Å²) in [6.07, 6.45) is -0.215. The molecule has 1 aliphatic heterocycles. The standard InChI is InChI=1S/C32H27NO9/c1-15(2)14-33-21-6-5-18(40-3)8-17(21)9-20(32(33)39)19-11-28(38)41-27-13-25(37)30-24(36)12-26(42-31(30)29(19)27)16-4-7-22(34)23(35)10-16/h4-10,12-13,15,19,34-35,37H,11,14H2,1-3H3. The van der Waals surface area contributed by atoms with E-state index in [0.717, 1.165) is 11.5 Å². The molecule has 214 valence electrons. The van der Waals surface area contributed by atoms with Crippen LogP contribution in [0.15, 0.2) is 68.6 Å². The smallest absolute Gasteiger partial charge is 0.312 e. The first kappa shape index (κ1) is 26.9. The maximum Gasteiger partial charge on any atom is 0.312 e. The number of hydrogen-bond donors (Lipinski definition) is 3. The highest BCUT2D eigenvalue weighted by Crippen LogP contribution is 2.46. The van der Waals surface area contributed by atoms with E-state index >= 15 is 0 Å². The van der Waals surface area contributed by atoms with Gasteiger partial charge in [-0.3, -0.25) is 14.4 Å². The molecule has 0 aliphatic carbocycles. The number of hydrogen-bond acceptors (Lipinski definition) is 9. The maximum absolute atomic E-state index is 14.1. The highest BCUT2D eigenvalue weighted by molar-refractivity contribution is 5.93. The highest BCUT2D eigenvalue weighted by atomic mass is 16.5. The molecule has 10 heteroatoms. The van der Waals surface area contributed by atoms with Gasteiger partial charge in [-0.25, -0.2) is 0 Å². The summed E-state index contributed by atoms with van der Waals surface area (Å²) in [6, 6.07) is 13.4. The zero-order chi connectivity index (χ0) is 29.9. The molecule has 1 unspecified atom stereocenters. The van der Waals surface area contributed by atoms with E-state index in [1.807, 2.05) is 26.0 Å². The summed E-state index contributed by atoms with van der Waals surface area (Å²) in [4.78, 5) is 40.3. The van der Waals surface area contributed by atoms with E-state index in [-0.39, 0.29) is 62.8 Å². The third kappa shape index (κ3) is 4.41. The molecule has 2 aromatic heterocycles. The molecule has 0 radical (unpaired) electrons. The molecule has 5 aromatic rings. The number of benzene rings is 3. The molecule has 0 amide bonds. The van der Waals surface area contributed by atoms with Crippen molar-refractivity contribution in [2.24, 2.45) is 5.92 Å². The van der Waals surface area contributed by atoms with Crippen molar-refractivity contribution in [3.8, 4) is 40.1 Å². The Balaban J connectivity index is 1.67. The lowest BCUT2D eigenvalue weighted by Gasteiger charge is -2.27. The van der Waals surface area contributed by atoms with Gasteiger partial charge in [-0.1, -0.05) is 13.8 Å². The SMILES string of the molecule is COc1ccc2c(c1)cc(C1CC(=O)Oc3cc(O)c4c(=O)cc(-c5ccc(O)c(O)c5)oc4c31)c(=O)n2CC(C)C. The Morgan fingerprint density at radius 1 is 0.952 bits per heavy atom. The third-order valence-corrected chi connectivity index (χ3v) is 7.44. The zero-order valence-corrected chi connectivity index (χ0v) is 23.0.